The fourth-order valence-electron chi connectivity index (χ4n) is 2.90. The van der Waals surface area contributed by atoms with E-state index in [1.165, 1.54) is 10.9 Å². The highest BCUT2D eigenvalue weighted by Gasteiger charge is 2.27. The highest BCUT2D eigenvalue weighted by Crippen LogP contribution is 2.21. The molecule has 29 heavy (non-hydrogen) atoms. The third-order valence-electron chi connectivity index (χ3n) is 4.63. The van der Waals surface area contributed by atoms with Crippen molar-refractivity contribution in [2.75, 3.05) is 19.6 Å². The molecule has 0 radical (unpaired) electrons. The molecule has 10 heteroatoms. The predicted octanol–water partition coefficient (Wildman–Crippen LogP) is 1.31. The van der Waals surface area contributed by atoms with Crippen LogP contribution < -0.4 is 10.1 Å². The second kappa shape index (κ2) is 8.13. The van der Waals surface area contributed by atoms with Gasteiger partial charge in [-0.05, 0) is 6.42 Å². The lowest BCUT2D eigenvalue weighted by molar-refractivity contribution is 0.0648. The first-order valence-corrected chi connectivity index (χ1v) is 9.33. The summed E-state index contributed by atoms with van der Waals surface area (Å²) in [5.41, 5.74) is 1.21. The van der Waals surface area contributed by atoms with Gasteiger partial charge >= 0.3 is 6.09 Å². The van der Waals surface area contributed by atoms with Crippen molar-refractivity contribution in [3.8, 4) is 17.3 Å². The minimum atomic E-state index is -0.658. The maximum Gasteiger partial charge on any atom is 0.414 e. The number of carbonyl (C=O) groups is 2. The number of aryl methyl sites for hydroxylation is 1. The Labute approximate surface area is 167 Å². The fourth-order valence-corrected chi connectivity index (χ4v) is 2.90. The molecule has 2 amide bonds. The van der Waals surface area contributed by atoms with Crippen LogP contribution >= 0.6 is 0 Å². The van der Waals surface area contributed by atoms with Crippen LogP contribution in [-0.2, 0) is 13.6 Å². The summed E-state index contributed by atoms with van der Waals surface area (Å²) in [6.45, 7) is 2.15. The number of nitrogens with zero attached hydrogens (tertiary/aromatic N) is 6. The minimum Gasteiger partial charge on any atom is -0.391 e. The molecule has 1 aliphatic rings. The number of benzene rings is 1. The van der Waals surface area contributed by atoms with E-state index in [2.05, 4.69) is 20.5 Å². The topological polar surface area (TPSA) is 107 Å². The van der Waals surface area contributed by atoms with Crippen molar-refractivity contribution in [2.24, 2.45) is 7.05 Å². The molecule has 150 valence electrons. The first-order valence-electron chi connectivity index (χ1n) is 9.33. The van der Waals surface area contributed by atoms with Crippen LogP contribution in [0.1, 0.15) is 16.8 Å². The molecular weight excluding hydrogens is 374 g/mol. The van der Waals surface area contributed by atoms with Gasteiger partial charge in [0.15, 0.2) is 5.82 Å². The molecule has 1 fully saturated rings. The summed E-state index contributed by atoms with van der Waals surface area (Å²) in [4.78, 5) is 30.5. The van der Waals surface area contributed by atoms with Gasteiger partial charge in [0.05, 0.1) is 12.7 Å². The second-order valence-electron chi connectivity index (χ2n) is 6.65. The Morgan fingerprint density at radius 3 is 2.72 bits per heavy atom. The summed E-state index contributed by atoms with van der Waals surface area (Å²) in [6, 6.07) is 9.64. The number of carbonyl (C=O) groups excluding carboxylic acids is 2. The van der Waals surface area contributed by atoms with Crippen LogP contribution in [0.3, 0.4) is 0 Å². The Morgan fingerprint density at radius 2 is 2.00 bits per heavy atom. The molecule has 0 saturated carbocycles. The van der Waals surface area contributed by atoms with E-state index in [9.17, 15) is 9.59 Å². The summed E-state index contributed by atoms with van der Waals surface area (Å²) in [5.74, 6) is 0.576. The molecule has 2 aromatic heterocycles. The number of rotatable bonds is 6. The van der Waals surface area contributed by atoms with Crippen molar-refractivity contribution in [3.05, 3.63) is 48.4 Å². The van der Waals surface area contributed by atoms with E-state index in [-0.39, 0.29) is 17.4 Å². The van der Waals surface area contributed by atoms with Gasteiger partial charge in [-0.3, -0.25) is 9.48 Å². The molecule has 3 heterocycles. The lowest BCUT2D eigenvalue weighted by Crippen LogP contribution is -2.42. The number of hydrogen-bond acceptors (Lipinski definition) is 6. The zero-order chi connectivity index (χ0) is 20.2. The Bertz CT molecular complexity index is 1010. The molecule has 0 unspecified atom stereocenters. The quantitative estimate of drug-likeness (QED) is 0.674. The standard InChI is InChI=1S/C19H21N7O3/c1-24-18(15(12-22-24)17(27)25-9-5-10-25)29-19(28)20-8-11-26-13-21-16(23-26)14-6-3-2-4-7-14/h2-4,6-7,12-13H,5,8-11H2,1H3,(H,20,28). The van der Waals surface area contributed by atoms with E-state index in [4.69, 9.17) is 4.74 Å². The molecule has 3 aromatic rings. The number of ether oxygens (including phenoxy) is 1. The first kappa shape index (κ1) is 18.7. The predicted molar refractivity (Wildman–Crippen MR) is 103 cm³/mol. The molecule has 1 aromatic carbocycles. The zero-order valence-electron chi connectivity index (χ0n) is 16.0. The van der Waals surface area contributed by atoms with Gasteiger partial charge < -0.3 is 15.0 Å². The van der Waals surface area contributed by atoms with Gasteiger partial charge in [-0.1, -0.05) is 30.3 Å². The molecular formula is C19H21N7O3. The fraction of sp³-hybridized carbons (Fsp3) is 0.316. The van der Waals surface area contributed by atoms with Crippen molar-refractivity contribution >= 4 is 12.0 Å². The van der Waals surface area contributed by atoms with Gasteiger partial charge in [0.2, 0.25) is 5.88 Å². The molecule has 0 aliphatic carbocycles. The van der Waals surface area contributed by atoms with E-state index in [1.54, 1.807) is 23.0 Å². The monoisotopic (exact) mass is 395 g/mol. The summed E-state index contributed by atoms with van der Waals surface area (Å²) >= 11 is 0. The molecule has 1 N–H and O–H groups in total. The SMILES string of the molecule is Cn1ncc(C(=O)N2CCC2)c1OC(=O)NCCn1cnc(-c2ccccc2)n1. The van der Waals surface area contributed by atoms with Crippen LogP contribution in [-0.4, -0.2) is 61.1 Å². The van der Waals surface area contributed by atoms with E-state index >= 15 is 0 Å². The highest BCUT2D eigenvalue weighted by molar-refractivity contribution is 5.97. The van der Waals surface area contributed by atoms with Crippen LogP contribution in [0, 0.1) is 0 Å². The normalized spacial score (nSPS) is 13.1. The van der Waals surface area contributed by atoms with Crippen molar-refractivity contribution in [1.82, 2.24) is 34.8 Å². The van der Waals surface area contributed by atoms with E-state index in [1.807, 2.05) is 30.3 Å². The number of amides is 2. The Kier molecular flexibility index (Phi) is 5.23. The number of hydrogen-bond donors (Lipinski definition) is 1. The molecule has 0 bridgehead atoms. The number of likely N-dealkylation sites (tertiary alicyclic amines) is 1. The highest BCUT2D eigenvalue weighted by atomic mass is 16.6. The van der Waals surface area contributed by atoms with Crippen LogP contribution in [0.15, 0.2) is 42.9 Å². The summed E-state index contributed by atoms with van der Waals surface area (Å²) in [7, 11) is 1.62. The van der Waals surface area contributed by atoms with Crippen molar-refractivity contribution < 1.29 is 14.3 Å². The number of aromatic nitrogens is 5. The van der Waals surface area contributed by atoms with Gasteiger partial charge in [0.25, 0.3) is 5.91 Å². The Morgan fingerprint density at radius 1 is 1.21 bits per heavy atom. The molecule has 1 aliphatic heterocycles. The van der Waals surface area contributed by atoms with E-state index in [0.717, 1.165) is 12.0 Å². The molecule has 1 saturated heterocycles. The average Bonchev–Trinajstić information content (AvgIpc) is 3.29. The Hall–Kier alpha value is -3.69. The average molecular weight is 395 g/mol. The van der Waals surface area contributed by atoms with E-state index in [0.29, 0.717) is 32.0 Å². The third kappa shape index (κ3) is 4.10. The Balaban J connectivity index is 1.30. The van der Waals surface area contributed by atoms with Crippen LogP contribution in [0.4, 0.5) is 4.79 Å². The van der Waals surface area contributed by atoms with Gasteiger partial charge in [-0.15, -0.1) is 0 Å². The van der Waals surface area contributed by atoms with E-state index < -0.39 is 6.09 Å². The third-order valence-corrected chi connectivity index (χ3v) is 4.63. The zero-order valence-corrected chi connectivity index (χ0v) is 16.0. The van der Waals surface area contributed by atoms with Gasteiger partial charge in [0, 0.05) is 32.2 Å². The van der Waals surface area contributed by atoms with Crippen LogP contribution in [0.2, 0.25) is 0 Å². The van der Waals surface area contributed by atoms with Gasteiger partial charge in [-0.25, -0.2) is 14.5 Å². The smallest absolute Gasteiger partial charge is 0.391 e. The lowest BCUT2D eigenvalue weighted by atomic mass is 10.2. The summed E-state index contributed by atoms with van der Waals surface area (Å²) in [5, 5.41) is 11.1. The van der Waals surface area contributed by atoms with Crippen LogP contribution in [0.5, 0.6) is 5.88 Å². The molecule has 4 rings (SSSR count). The van der Waals surface area contributed by atoms with Gasteiger partial charge in [-0.2, -0.15) is 10.2 Å². The van der Waals surface area contributed by atoms with Crippen molar-refractivity contribution in [1.29, 1.82) is 0 Å². The molecule has 0 spiro atoms. The van der Waals surface area contributed by atoms with Crippen molar-refractivity contribution in [2.45, 2.75) is 13.0 Å². The lowest BCUT2D eigenvalue weighted by Gasteiger charge is -2.30. The summed E-state index contributed by atoms with van der Waals surface area (Å²) in [6.07, 6.45) is 3.36. The maximum atomic E-state index is 12.4. The largest absolute Gasteiger partial charge is 0.414 e. The molecule has 0 atom stereocenters. The second-order valence-corrected chi connectivity index (χ2v) is 6.65. The maximum absolute atomic E-state index is 12.4. The number of nitrogens with one attached hydrogen (secondary N) is 1. The first-order chi connectivity index (χ1) is 14.1. The minimum absolute atomic E-state index is 0.131. The van der Waals surface area contributed by atoms with Gasteiger partial charge in [0.1, 0.15) is 11.9 Å². The van der Waals surface area contributed by atoms with Crippen LogP contribution in [0.25, 0.3) is 11.4 Å². The summed E-state index contributed by atoms with van der Waals surface area (Å²) < 4.78 is 8.34. The van der Waals surface area contributed by atoms with Crippen molar-refractivity contribution in [3.63, 3.8) is 0 Å². The molecule has 10 nitrogen and oxygen atoms in total.